The van der Waals surface area contributed by atoms with Gasteiger partial charge >= 0.3 is 0 Å². The first-order valence-corrected chi connectivity index (χ1v) is 6.25. The van der Waals surface area contributed by atoms with Crippen molar-refractivity contribution in [2.75, 3.05) is 12.4 Å². The standard InChI is InChI=1S/C10H12N4O3S/c1-11-10-7(12-4-18-10)9(17)13-5-2-3-6(15)14-8(5)16/h4-5,11H,2-3H2,1H3,(H,13,17)(H,14,15,16). The molecule has 8 heteroatoms. The highest BCUT2D eigenvalue weighted by atomic mass is 32.1. The number of thiazole rings is 1. The largest absolute Gasteiger partial charge is 0.378 e. The topological polar surface area (TPSA) is 100 Å². The number of nitrogens with zero attached hydrogens (tertiary/aromatic N) is 1. The molecule has 1 fully saturated rings. The van der Waals surface area contributed by atoms with Crippen LogP contribution in [-0.2, 0) is 9.59 Å². The molecule has 1 aliphatic rings. The zero-order chi connectivity index (χ0) is 13.1. The highest BCUT2D eigenvalue weighted by Crippen LogP contribution is 2.19. The number of rotatable bonds is 3. The van der Waals surface area contributed by atoms with Gasteiger partial charge in [-0.15, -0.1) is 11.3 Å². The fourth-order valence-electron chi connectivity index (χ4n) is 1.64. The first kappa shape index (κ1) is 12.5. The molecular formula is C10H12N4O3S. The van der Waals surface area contributed by atoms with Crippen molar-refractivity contribution in [2.45, 2.75) is 18.9 Å². The number of nitrogens with one attached hydrogen (secondary N) is 3. The summed E-state index contributed by atoms with van der Waals surface area (Å²) in [7, 11) is 1.69. The third-order valence-corrected chi connectivity index (χ3v) is 3.40. The Morgan fingerprint density at radius 1 is 1.56 bits per heavy atom. The van der Waals surface area contributed by atoms with Gasteiger partial charge in [-0.1, -0.05) is 0 Å². The summed E-state index contributed by atoms with van der Waals surface area (Å²) >= 11 is 1.30. The monoisotopic (exact) mass is 268 g/mol. The van der Waals surface area contributed by atoms with Crippen molar-refractivity contribution in [3.05, 3.63) is 11.2 Å². The third kappa shape index (κ3) is 2.48. The quantitative estimate of drug-likeness (QED) is 0.655. The Kier molecular flexibility index (Phi) is 3.56. The van der Waals surface area contributed by atoms with Crippen LogP contribution in [0.15, 0.2) is 5.51 Å². The fourth-order valence-corrected chi connectivity index (χ4v) is 2.28. The van der Waals surface area contributed by atoms with E-state index in [0.29, 0.717) is 11.4 Å². The maximum atomic E-state index is 11.9. The lowest BCUT2D eigenvalue weighted by molar-refractivity contribution is -0.134. The molecule has 7 nitrogen and oxygen atoms in total. The molecule has 0 aliphatic carbocycles. The molecule has 2 rings (SSSR count). The summed E-state index contributed by atoms with van der Waals surface area (Å²) in [5.74, 6) is -1.20. The molecular weight excluding hydrogens is 256 g/mol. The lowest BCUT2D eigenvalue weighted by Gasteiger charge is -2.21. The van der Waals surface area contributed by atoms with Crippen molar-refractivity contribution < 1.29 is 14.4 Å². The van der Waals surface area contributed by atoms with Crippen LogP contribution in [0.25, 0.3) is 0 Å². The fraction of sp³-hybridized carbons (Fsp3) is 0.400. The number of carbonyl (C=O) groups is 3. The van der Waals surface area contributed by atoms with E-state index in [1.165, 1.54) is 11.3 Å². The molecule has 0 aromatic carbocycles. The average molecular weight is 268 g/mol. The smallest absolute Gasteiger partial charge is 0.273 e. The van der Waals surface area contributed by atoms with Crippen molar-refractivity contribution in [2.24, 2.45) is 0 Å². The lowest BCUT2D eigenvalue weighted by atomic mass is 10.1. The summed E-state index contributed by atoms with van der Waals surface area (Å²) in [6.45, 7) is 0. The molecule has 0 spiro atoms. The van der Waals surface area contributed by atoms with E-state index in [-0.39, 0.29) is 18.0 Å². The van der Waals surface area contributed by atoms with Gasteiger partial charge in [-0.05, 0) is 6.42 Å². The van der Waals surface area contributed by atoms with Gasteiger partial charge in [-0.25, -0.2) is 4.98 Å². The minimum atomic E-state index is -0.679. The van der Waals surface area contributed by atoms with Gasteiger partial charge in [0.25, 0.3) is 5.91 Å². The van der Waals surface area contributed by atoms with Crippen LogP contribution >= 0.6 is 11.3 Å². The molecule has 1 aromatic heterocycles. The van der Waals surface area contributed by atoms with Gasteiger partial charge in [-0.2, -0.15) is 0 Å². The summed E-state index contributed by atoms with van der Waals surface area (Å²) in [6.07, 6.45) is 0.544. The Labute approximate surface area is 107 Å². The molecule has 3 N–H and O–H groups in total. The molecule has 1 aromatic rings. The van der Waals surface area contributed by atoms with Crippen LogP contribution in [0, 0.1) is 0 Å². The molecule has 3 amide bonds. The molecule has 1 atom stereocenters. The maximum absolute atomic E-state index is 11.9. The van der Waals surface area contributed by atoms with Gasteiger partial charge in [0.05, 0.1) is 5.51 Å². The van der Waals surface area contributed by atoms with Gasteiger partial charge in [-0.3, -0.25) is 19.7 Å². The number of anilines is 1. The first-order chi connectivity index (χ1) is 8.61. The predicted molar refractivity (Wildman–Crippen MR) is 65.3 cm³/mol. The number of hydrogen-bond acceptors (Lipinski definition) is 6. The summed E-state index contributed by atoms with van der Waals surface area (Å²) in [6, 6.07) is -0.679. The zero-order valence-corrected chi connectivity index (χ0v) is 10.5. The second-order valence-corrected chi connectivity index (χ2v) is 4.61. The summed E-state index contributed by atoms with van der Waals surface area (Å²) in [5.41, 5.74) is 1.80. The highest BCUT2D eigenvalue weighted by Gasteiger charge is 2.29. The van der Waals surface area contributed by atoms with Crippen LogP contribution in [-0.4, -0.2) is 35.8 Å². The van der Waals surface area contributed by atoms with E-state index in [0.717, 1.165) is 0 Å². The summed E-state index contributed by atoms with van der Waals surface area (Å²) < 4.78 is 0. The summed E-state index contributed by atoms with van der Waals surface area (Å²) in [4.78, 5) is 38.3. The summed E-state index contributed by atoms with van der Waals surface area (Å²) in [5, 5.41) is 8.24. The van der Waals surface area contributed by atoms with Gasteiger partial charge in [0.1, 0.15) is 11.0 Å². The minimum Gasteiger partial charge on any atom is -0.378 e. The zero-order valence-electron chi connectivity index (χ0n) is 9.65. The number of hydrogen-bond donors (Lipinski definition) is 3. The molecule has 0 bridgehead atoms. The van der Waals surface area contributed by atoms with Crippen LogP contribution in [0.4, 0.5) is 5.00 Å². The predicted octanol–water partition coefficient (Wildman–Crippen LogP) is -0.280. The molecule has 96 valence electrons. The molecule has 1 unspecified atom stereocenters. The minimum absolute atomic E-state index is 0.229. The van der Waals surface area contributed by atoms with Crippen molar-refractivity contribution in [3.8, 4) is 0 Å². The van der Waals surface area contributed by atoms with Gasteiger partial charge in [0.2, 0.25) is 11.8 Å². The van der Waals surface area contributed by atoms with Crippen molar-refractivity contribution >= 4 is 34.1 Å². The van der Waals surface area contributed by atoms with E-state index in [1.807, 2.05) is 0 Å². The number of carbonyl (C=O) groups excluding carboxylic acids is 3. The van der Waals surface area contributed by atoms with E-state index in [1.54, 1.807) is 12.6 Å². The SMILES string of the molecule is CNc1scnc1C(=O)NC1CCC(=O)NC1=O. The molecule has 0 radical (unpaired) electrons. The Balaban J connectivity index is 2.03. The lowest BCUT2D eigenvalue weighted by Crippen LogP contribution is -2.52. The number of imide groups is 1. The van der Waals surface area contributed by atoms with Crippen molar-refractivity contribution in [1.29, 1.82) is 0 Å². The molecule has 2 heterocycles. The molecule has 1 saturated heterocycles. The highest BCUT2D eigenvalue weighted by molar-refractivity contribution is 7.14. The van der Waals surface area contributed by atoms with E-state index in [2.05, 4.69) is 20.9 Å². The second kappa shape index (κ2) is 5.13. The van der Waals surface area contributed by atoms with Crippen LogP contribution in [0.1, 0.15) is 23.3 Å². The van der Waals surface area contributed by atoms with E-state index >= 15 is 0 Å². The second-order valence-electron chi connectivity index (χ2n) is 3.76. The van der Waals surface area contributed by atoms with E-state index in [9.17, 15) is 14.4 Å². The Morgan fingerprint density at radius 2 is 2.33 bits per heavy atom. The van der Waals surface area contributed by atoms with Gasteiger partial charge in [0.15, 0.2) is 5.69 Å². The van der Waals surface area contributed by atoms with Crippen LogP contribution in [0.2, 0.25) is 0 Å². The normalized spacial score (nSPS) is 19.3. The first-order valence-electron chi connectivity index (χ1n) is 5.37. The number of piperidine rings is 1. The Hall–Kier alpha value is -1.96. The van der Waals surface area contributed by atoms with Gasteiger partial charge < -0.3 is 10.6 Å². The van der Waals surface area contributed by atoms with E-state index in [4.69, 9.17) is 0 Å². The third-order valence-electron chi connectivity index (χ3n) is 2.55. The van der Waals surface area contributed by atoms with E-state index < -0.39 is 17.9 Å². The Morgan fingerprint density at radius 3 is 3.00 bits per heavy atom. The maximum Gasteiger partial charge on any atom is 0.273 e. The van der Waals surface area contributed by atoms with Crippen molar-refractivity contribution in [3.63, 3.8) is 0 Å². The van der Waals surface area contributed by atoms with Crippen LogP contribution in [0.5, 0.6) is 0 Å². The van der Waals surface area contributed by atoms with Crippen LogP contribution in [0.3, 0.4) is 0 Å². The van der Waals surface area contributed by atoms with Crippen LogP contribution < -0.4 is 16.0 Å². The molecule has 1 aliphatic heterocycles. The molecule has 18 heavy (non-hydrogen) atoms. The van der Waals surface area contributed by atoms with Crippen molar-refractivity contribution in [1.82, 2.24) is 15.6 Å². The average Bonchev–Trinajstić information content (AvgIpc) is 2.81. The number of aromatic nitrogens is 1. The molecule has 0 saturated carbocycles. The Bertz CT molecular complexity index is 499. The van der Waals surface area contributed by atoms with Gasteiger partial charge in [0, 0.05) is 13.5 Å². The number of amides is 3.